The van der Waals surface area contributed by atoms with Gasteiger partial charge in [-0.2, -0.15) is 0 Å². The van der Waals surface area contributed by atoms with Gasteiger partial charge in [0.1, 0.15) is 5.75 Å². The SMILES string of the molecule is CC(C)CCCCCCc1cccc(O)c1CCCCCCC(C)C. The number of phenolic OH excluding ortho intramolecular Hbond substituents is 1. The summed E-state index contributed by atoms with van der Waals surface area (Å²) in [5.41, 5.74) is 2.60. The van der Waals surface area contributed by atoms with E-state index in [1.165, 1.54) is 75.3 Å². The summed E-state index contributed by atoms with van der Waals surface area (Å²) in [5, 5.41) is 10.3. The predicted octanol–water partition coefficient (Wildman–Crippen LogP) is 7.69. The molecule has 0 unspecified atom stereocenters. The zero-order valence-electron chi connectivity index (χ0n) is 17.3. The molecule has 0 radical (unpaired) electrons. The molecule has 25 heavy (non-hydrogen) atoms. The Hall–Kier alpha value is -0.980. The molecular formula is C24H42O. The van der Waals surface area contributed by atoms with E-state index >= 15 is 0 Å². The first-order valence-corrected chi connectivity index (χ1v) is 10.8. The van der Waals surface area contributed by atoms with Crippen LogP contribution in [0.5, 0.6) is 5.75 Å². The van der Waals surface area contributed by atoms with Crippen molar-refractivity contribution < 1.29 is 5.11 Å². The van der Waals surface area contributed by atoms with Crippen molar-refractivity contribution in [2.45, 2.75) is 105 Å². The van der Waals surface area contributed by atoms with Crippen molar-refractivity contribution in [2.24, 2.45) is 11.8 Å². The summed E-state index contributed by atoms with van der Waals surface area (Å²) in [7, 11) is 0. The van der Waals surface area contributed by atoms with Gasteiger partial charge < -0.3 is 5.11 Å². The van der Waals surface area contributed by atoms with Crippen LogP contribution in [0.25, 0.3) is 0 Å². The third-order valence-electron chi connectivity index (χ3n) is 5.18. The maximum absolute atomic E-state index is 10.3. The van der Waals surface area contributed by atoms with Crippen molar-refractivity contribution >= 4 is 0 Å². The van der Waals surface area contributed by atoms with Crippen LogP contribution >= 0.6 is 0 Å². The fourth-order valence-electron chi connectivity index (χ4n) is 3.57. The van der Waals surface area contributed by atoms with E-state index in [9.17, 15) is 5.11 Å². The molecule has 1 aromatic rings. The largest absolute Gasteiger partial charge is 0.508 e. The quantitative estimate of drug-likeness (QED) is 0.342. The van der Waals surface area contributed by atoms with Crippen LogP contribution in [0.4, 0.5) is 0 Å². The minimum absolute atomic E-state index is 0.513. The highest BCUT2D eigenvalue weighted by molar-refractivity contribution is 5.39. The number of aryl methyl sites for hydroxylation is 1. The zero-order valence-corrected chi connectivity index (χ0v) is 17.3. The van der Waals surface area contributed by atoms with E-state index in [4.69, 9.17) is 0 Å². The van der Waals surface area contributed by atoms with Crippen LogP contribution in [-0.4, -0.2) is 5.11 Å². The summed E-state index contributed by atoms with van der Waals surface area (Å²) < 4.78 is 0. The van der Waals surface area contributed by atoms with E-state index in [-0.39, 0.29) is 0 Å². The fraction of sp³-hybridized carbons (Fsp3) is 0.750. The number of benzene rings is 1. The molecule has 0 aliphatic heterocycles. The molecule has 0 saturated carbocycles. The second kappa shape index (κ2) is 13.3. The molecule has 0 atom stereocenters. The second-order valence-corrected chi connectivity index (χ2v) is 8.61. The van der Waals surface area contributed by atoms with Gasteiger partial charge in [0.05, 0.1) is 0 Å². The maximum atomic E-state index is 10.3. The predicted molar refractivity (Wildman–Crippen MR) is 111 cm³/mol. The molecule has 0 saturated heterocycles. The van der Waals surface area contributed by atoms with E-state index in [1.54, 1.807) is 0 Å². The Labute approximate surface area is 157 Å². The Balaban J connectivity index is 2.31. The molecule has 1 N–H and O–H groups in total. The molecule has 0 bridgehead atoms. The molecule has 144 valence electrons. The number of hydrogen-bond acceptors (Lipinski definition) is 1. The first kappa shape index (κ1) is 22.1. The lowest BCUT2D eigenvalue weighted by molar-refractivity contribution is 0.463. The normalized spacial score (nSPS) is 11.6. The van der Waals surface area contributed by atoms with Gasteiger partial charge in [0.25, 0.3) is 0 Å². The van der Waals surface area contributed by atoms with E-state index < -0.39 is 0 Å². The molecule has 0 aliphatic rings. The number of unbranched alkanes of at least 4 members (excludes halogenated alkanes) is 6. The summed E-state index contributed by atoms with van der Waals surface area (Å²) in [6, 6.07) is 6.09. The van der Waals surface area contributed by atoms with Crippen molar-refractivity contribution in [3.63, 3.8) is 0 Å². The van der Waals surface area contributed by atoms with Crippen LogP contribution in [0.2, 0.25) is 0 Å². The zero-order chi connectivity index (χ0) is 18.5. The Bertz CT molecular complexity index is 447. The second-order valence-electron chi connectivity index (χ2n) is 8.61. The lowest BCUT2D eigenvalue weighted by Crippen LogP contribution is -1.97. The van der Waals surface area contributed by atoms with Crippen LogP contribution in [0.3, 0.4) is 0 Å². The topological polar surface area (TPSA) is 20.2 Å². The molecule has 0 aliphatic carbocycles. The standard InChI is InChI=1S/C24H42O/c1-20(2)14-9-5-7-11-16-22-17-13-19-24(25)23(22)18-12-8-6-10-15-21(3)4/h13,17,19-21,25H,5-12,14-16,18H2,1-4H3. The molecule has 1 rings (SSSR count). The Morgan fingerprint density at radius 2 is 1.20 bits per heavy atom. The molecule has 0 fully saturated rings. The number of hydrogen-bond donors (Lipinski definition) is 1. The highest BCUT2D eigenvalue weighted by Gasteiger charge is 2.08. The molecular weight excluding hydrogens is 304 g/mol. The van der Waals surface area contributed by atoms with Gasteiger partial charge >= 0.3 is 0 Å². The van der Waals surface area contributed by atoms with Gasteiger partial charge in [-0.15, -0.1) is 0 Å². The van der Waals surface area contributed by atoms with Crippen LogP contribution in [0.15, 0.2) is 18.2 Å². The number of phenols is 1. The Morgan fingerprint density at radius 1 is 0.680 bits per heavy atom. The average Bonchev–Trinajstić information content (AvgIpc) is 2.55. The fourth-order valence-corrected chi connectivity index (χ4v) is 3.57. The van der Waals surface area contributed by atoms with E-state index in [1.807, 2.05) is 12.1 Å². The molecule has 0 amide bonds. The highest BCUT2D eigenvalue weighted by Crippen LogP contribution is 2.25. The summed E-state index contributed by atoms with van der Waals surface area (Å²) >= 11 is 0. The Kier molecular flexibility index (Phi) is 11.7. The molecule has 1 nitrogen and oxygen atoms in total. The first-order chi connectivity index (χ1) is 12.0. The van der Waals surface area contributed by atoms with E-state index in [0.29, 0.717) is 5.75 Å². The summed E-state index contributed by atoms with van der Waals surface area (Å²) in [4.78, 5) is 0. The lowest BCUT2D eigenvalue weighted by atomic mass is 9.95. The van der Waals surface area contributed by atoms with E-state index in [2.05, 4.69) is 33.8 Å². The van der Waals surface area contributed by atoms with Gasteiger partial charge in [-0.1, -0.05) is 91.2 Å². The minimum Gasteiger partial charge on any atom is -0.508 e. The van der Waals surface area contributed by atoms with Gasteiger partial charge in [-0.05, 0) is 54.7 Å². The maximum Gasteiger partial charge on any atom is 0.119 e. The van der Waals surface area contributed by atoms with Crippen molar-refractivity contribution in [2.75, 3.05) is 0 Å². The monoisotopic (exact) mass is 346 g/mol. The van der Waals surface area contributed by atoms with Crippen LogP contribution < -0.4 is 0 Å². The highest BCUT2D eigenvalue weighted by atomic mass is 16.3. The van der Waals surface area contributed by atoms with Crippen molar-refractivity contribution in [1.82, 2.24) is 0 Å². The van der Waals surface area contributed by atoms with Gasteiger partial charge in [-0.25, -0.2) is 0 Å². The van der Waals surface area contributed by atoms with Crippen molar-refractivity contribution in [3.05, 3.63) is 29.3 Å². The third-order valence-corrected chi connectivity index (χ3v) is 5.18. The molecule has 0 aromatic heterocycles. The van der Waals surface area contributed by atoms with Crippen LogP contribution in [0.1, 0.15) is 103 Å². The van der Waals surface area contributed by atoms with E-state index in [0.717, 1.165) is 24.7 Å². The average molecular weight is 347 g/mol. The van der Waals surface area contributed by atoms with Gasteiger partial charge in [-0.3, -0.25) is 0 Å². The third kappa shape index (κ3) is 10.6. The molecule has 1 heteroatoms. The van der Waals surface area contributed by atoms with Crippen LogP contribution in [-0.2, 0) is 12.8 Å². The Morgan fingerprint density at radius 3 is 1.76 bits per heavy atom. The molecule has 1 aromatic carbocycles. The summed E-state index contributed by atoms with van der Waals surface area (Å²) in [6.07, 6.45) is 15.3. The number of rotatable bonds is 14. The molecule has 0 spiro atoms. The smallest absolute Gasteiger partial charge is 0.119 e. The van der Waals surface area contributed by atoms with Crippen molar-refractivity contribution in [1.29, 1.82) is 0 Å². The molecule has 0 heterocycles. The summed E-state index contributed by atoms with van der Waals surface area (Å²) in [6.45, 7) is 9.22. The number of aromatic hydroxyl groups is 1. The van der Waals surface area contributed by atoms with Crippen molar-refractivity contribution in [3.8, 4) is 5.75 Å². The first-order valence-electron chi connectivity index (χ1n) is 10.8. The lowest BCUT2D eigenvalue weighted by Gasteiger charge is -2.12. The van der Waals surface area contributed by atoms with Crippen LogP contribution in [0, 0.1) is 11.8 Å². The van der Waals surface area contributed by atoms with Gasteiger partial charge in [0, 0.05) is 0 Å². The minimum atomic E-state index is 0.513. The van der Waals surface area contributed by atoms with Gasteiger partial charge in [0.2, 0.25) is 0 Å². The van der Waals surface area contributed by atoms with Gasteiger partial charge in [0.15, 0.2) is 0 Å². The summed E-state index contributed by atoms with van der Waals surface area (Å²) in [5.74, 6) is 2.17.